The number of hydrogen-bond acceptors (Lipinski definition) is 3. The van der Waals surface area contributed by atoms with E-state index in [9.17, 15) is 9.18 Å². The molecule has 1 heterocycles. The van der Waals surface area contributed by atoms with E-state index in [1.54, 1.807) is 30.3 Å². The van der Waals surface area contributed by atoms with Gasteiger partial charge in [0, 0.05) is 5.56 Å². The summed E-state index contributed by atoms with van der Waals surface area (Å²) in [7, 11) is 0. The molecule has 0 unspecified atom stereocenters. The highest BCUT2D eigenvalue weighted by atomic mass is 19.1. The van der Waals surface area contributed by atoms with Crippen LogP contribution in [0.2, 0.25) is 0 Å². The zero-order valence-corrected chi connectivity index (χ0v) is 12.1. The third kappa shape index (κ3) is 2.70. The second kappa shape index (κ2) is 5.97. The number of rotatable bonds is 4. The van der Waals surface area contributed by atoms with E-state index in [1.165, 1.54) is 6.07 Å². The van der Waals surface area contributed by atoms with Gasteiger partial charge in [0.2, 0.25) is 0 Å². The number of para-hydroxylation sites is 1. The van der Waals surface area contributed by atoms with E-state index < -0.39 is 5.82 Å². The third-order valence-corrected chi connectivity index (χ3v) is 3.28. The van der Waals surface area contributed by atoms with Crippen molar-refractivity contribution in [2.45, 2.75) is 13.3 Å². The van der Waals surface area contributed by atoms with Crippen LogP contribution in [0.15, 0.2) is 47.3 Å². The molecule has 0 saturated carbocycles. The van der Waals surface area contributed by atoms with Crippen LogP contribution < -0.4 is 10.3 Å². The monoisotopic (exact) mass is 298 g/mol. The summed E-state index contributed by atoms with van der Waals surface area (Å²) in [5.74, 6) is 0.126. The number of hydrogen-bond donors (Lipinski definition) is 1. The Kier molecular flexibility index (Phi) is 3.87. The summed E-state index contributed by atoms with van der Waals surface area (Å²) in [6.45, 7) is 2.38. The first kappa shape index (κ1) is 14.3. The smallest absolute Gasteiger partial charge is 0.259 e. The van der Waals surface area contributed by atoms with Gasteiger partial charge in [0.15, 0.2) is 11.6 Å². The molecule has 5 heteroatoms. The lowest BCUT2D eigenvalue weighted by Gasteiger charge is -2.08. The summed E-state index contributed by atoms with van der Waals surface area (Å²) in [6, 6.07) is 11.5. The van der Waals surface area contributed by atoms with Gasteiger partial charge in [-0.15, -0.1) is 0 Å². The number of aromatic nitrogens is 2. The lowest BCUT2D eigenvalue weighted by atomic mass is 10.1. The maximum Gasteiger partial charge on any atom is 0.259 e. The van der Waals surface area contributed by atoms with Crippen molar-refractivity contribution in [2.75, 3.05) is 6.61 Å². The molecule has 4 nitrogen and oxygen atoms in total. The van der Waals surface area contributed by atoms with Gasteiger partial charge >= 0.3 is 0 Å². The van der Waals surface area contributed by atoms with Crippen molar-refractivity contribution in [1.29, 1.82) is 0 Å². The highest BCUT2D eigenvalue weighted by Gasteiger charge is 2.09. The molecule has 112 valence electrons. The Morgan fingerprint density at radius 3 is 2.86 bits per heavy atom. The van der Waals surface area contributed by atoms with Crippen LogP contribution in [0.4, 0.5) is 4.39 Å². The molecule has 3 rings (SSSR count). The zero-order chi connectivity index (χ0) is 15.5. The van der Waals surface area contributed by atoms with Crippen LogP contribution in [0.1, 0.15) is 13.3 Å². The number of benzene rings is 2. The third-order valence-electron chi connectivity index (χ3n) is 3.28. The number of halogens is 1. The Bertz CT molecular complexity index is 874. The minimum Gasteiger partial charge on any atom is -0.491 e. The summed E-state index contributed by atoms with van der Waals surface area (Å²) >= 11 is 0. The first-order chi connectivity index (χ1) is 10.7. The normalized spacial score (nSPS) is 10.8. The molecular weight excluding hydrogens is 283 g/mol. The van der Waals surface area contributed by atoms with Crippen molar-refractivity contribution in [1.82, 2.24) is 9.97 Å². The Morgan fingerprint density at radius 1 is 1.23 bits per heavy atom. The number of nitrogens with one attached hydrogen (secondary N) is 1. The minimum atomic E-state index is -0.430. The summed E-state index contributed by atoms with van der Waals surface area (Å²) in [4.78, 5) is 19.2. The quantitative estimate of drug-likeness (QED) is 0.802. The molecule has 0 saturated heterocycles. The molecule has 22 heavy (non-hydrogen) atoms. The van der Waals surface area contributed by atoms with E-state index in [0.717, 1.165) is 6.42 Å². The highest BCUT2D eigenvalue weighted by Crippen LogP contribution is 2.24. The Morgan fingerprint density at radius 2 is 2.05 bits per heavy atom. The number of nitrogens with zero attached hydrogens (tertiary/aromatic N) is 1. The molecule has 0 spiro atoms. The molecule has 2 aromatic carbocycles. The van der Waals surface area contributed by atoms with Crippen LogP contribution in [0.5, 0.6) is 5.75 Å². The first-order valence-electron chi connectivity index (χ1n) is 7.11. The molecule has 0 amide bonds. The van der Waals surface area contributed by atoms with E-state index in [2.05, 4.69) is 9.97 Å². The fourth-order valence-corrected chi connectivity index (χ4v) is 2.20. The van der Waals surface area contributed by atoms with Crippen molar-refractivity contribution in [3.8, 4) is 17.1 Å². The molecular formula is C17H15FN2O2. The number of aromatic amines is 1. The molecule has 0 fully saturated rings. The van der Waals surface area contributed by atoms with Gasteiger partial charge in [-0.25, -0.2) is 9.37 Å². The fourth-order valence-electron chi connectivity index (χ4n) is 2.20. The van der Waals surface area contributed by atoms with Gasteiger partial charge in [0.25, 0.3) is 5.56 Å². The number of ether oxygens (including phenoxy) is 1. The van der Waals surface area contributed by atoms with Crippen LogP contribution in [-0.4, -0.2) is 16.6 Å². The van der Waals surface area contributed by atoms with E-state index in [1.807, 2.05) is 13.0 Å². The van der Waals surface area contributed by atoms with E-state index in [0.29, 0.717) is 28.9 Å². The summed E-state index contributed by atoms with van der Waals surface area (Å²) in [6.07, 6.45) is 0.786. The Balaban J connectivity index is 2.09. The summed E-state index contributed by atoms with van der Waals surface area (Å²) < 4.78 is 19.1. The molecule has 0 aliphatic heterocycles. The zero-order valence-electron chi connectivity index (χ0n) is 12.1. The van der Waals surface area contributed by atoms with Crippen molar-refractivity contribution in [3.63, 3.8) is 0 Å². The predicted octanol–water partition coefficient (Wildman–Crippen LogP) is 3.52. The van der Waals surface area contributed by atoms with Gasteiger partial charge < -0.3 is 9.72 Å². The predicted molar refractivity (Wildman–Crippen MR) is 83.5 cm³/mol. The maximum atomic E-state index is 13.7. The molecule has 3 aromatic rings. The fraction of sp³-hybridized carbons (Fsp3) is 0.176. The summed E-state index contributed by atoms with van der Waals surface area (Å²) in [5, 5.41) is 0.524. The number of fused-ring (bicyclic) bond motifs is 1. The average Bonchev–Trinajstić information content (AvgIpc) is 2.54. The van der Waals surface area contributed by atoms with Crippen LogP contribution in [-0.2, 0) is 0 Å². The van der Waals surface area contributed by atoms with E-state index in [-0.39, 0.29) is 11.3 Å². The Hall–Kier alpha value is -2.69. The lowest BCUT2D eigenvalue weighted by molar-refractivity contribution is 0.301. The standard InChI is InChI=1S/C17H15FN2O2/c1-2-9-22-15-10-11(7-8-13(15)18)16-19-14-6-4-3-5-12(14)17(21)20-16/h3-8,10H,2,9H2,1H3,(H,19,20,21). The van der Waals surface area contributed by atoms with Gasteiger partial charge in [-0.1, -0.05) is 19.1 Å². The SMILES string of the molecule is CCCOc1cc(-c2nc3ccccc3c(=O)[nH]2)ccc1F. The van der Waals surface area contributed by atoms with E-state index >= 15 is 0 Å². The van der Waals surface area contributed by atoms with Crippen LogP contribution in [0, 0.1) is 5.82 Å². The molecule has 0 radical (unpaired) electrons. The van der Waals surface area contributed by atoms with Crippen LogP contribution in [0.25, 0.3) is 22.3 Å². The van der Waals surface area contributed by atoms with Crippen LogP contribution in [0.3, 0.4) is 0 Å². The molecule has 1 aromatic heterocycles. The average molecular weight is 298 g/mol. The van der Waals surface area contributed by atoms with Gasteiger partial charge in [0.1, 0.15) is 5.82 Å². The largest absolute Gasteiger partial charge is 0.491 e. The molecule has 0 aliphatic carbocycles. The van der Waals surface area contributed by atoms with Gasteiger partial charge in [0.05, 0.1) is 17.5 Å². The van der Waals surface area contributed by atoms with E-state index in [4.69, 9.17) is 4.74 Å². The van der Waals surface area contributed by atoms with Crippen molar-refractivity contribution >= 4 is 10.9 Å². The second-order valence-electron chi connectivity index (χ2n) is 4.93. The second-order valence-corrected chi connectivity index (χ2v) is 4.93. The highest BCUT2D eigenvalue weighted by molar-refractivity contribution is 5.79. The Labute approximate surface area is 126 Å². The maximum absolute atomic E-state index is 13.7. The number of H-pyrrole nitrogens is 1. The summed E-state index contributed by atoms with van der Waals surface area (Å²) in [5.41, 5.74) is 0.984. The van der Waals surface area contributed by atoms with Gasteiger partial charge in [-0.2, -0.15) is 0 Å². The minimum absolute atomic E-state index is 0.162. The molecule has 0 atom stereocenters. The molecule has 1 N–H and O–H groups in total. The van der Waals surface area contributed by atoms with Crippen LogP contribution >= 0.6 is 0 Å². The van der Waals surface area contributed by atoms with Gasteiger partial charge in [-0.05, 0) is 36.8 Å². The molecule has 0 bridgehead atoms. The first-order valence-corrected chi connectivity index (χ1v) is 7.11. The van der Waals surface area contributed by atoms with Crippen molar-refractivity contribution in [2.24, 2.45) is 0 Å². The topological polar surface area (TPSA) is 55.0 Å². The molecule has 0 aliphatic rings. The van der Waals surface area contributed by atoms with Crippen molar-refractivity contribution < 1.29 is 9.13 Å². The van der Waals surface area contributed by atoms with Crippen molar-refractivity contribution in [3.05, 3.63) is 58.6 Å². The lowest BCUT2D eigenvalue weighted by Crippen LogP contribution is -2.09. The van der Waals surface area contributed by atoms with Gasteiger partial charge in [-0.3, -0.25) is 4.79 Å².